The van der Waals surface area contributed by atoms with Gasteiger partial charge in [0, 0.05) is 5.54 Å². The van der Waals surface area contributed by atoms with E-state index in [0.717, 1.165) is 24.8 Å². The lowest BCUT2D eigenvalue weighted by molar-refractivity contribution is 0.125. The highest BCUT2D eigenvalue weighted by Gasteiger charge is 2.23. The normalized spacial score (nSPS) is 13.7. The molecule has 0 aliphatic carbocycles. The van der Waals surface area contributed by atoms with Crippen molar-refractivity contribution in [3.8, 4) is 0 Å². The maximum atomic E-state index is 11.7. The molecule has 1 aromatic rings. The summed E-state index contributed by atoms with van der Waals surface area (Å²) in [5.74, 6) is 0. The second-order valence-corrected chi connectivity index (χ2v) is 4.85. The van der Waals surface area contributed by atoms with E-state index in [1.807, 2.05) is 30.3 Å². The van der Waals surface area contributed by atoms with E-state index in [1.165, 1.54) is 0 Å². The fourth-order valence-electron chi connectivity index (χ4n) is 1.89. The number of ether oxygens (including phenoxy) is 1. The van der Waals surface area contributed by atoms with Gasteiger partial charge in [0.25, 0.3) is 0 Å². The largest absolute Gasteiger partial charge is 0.445 e. The summed E-state index contributed by atoms with van der Waals surface area (Å²) in [6, 6.07) is 9.70. The average molecular weight is 249 g/mol. The van der Waals surface area contributed by atoms with Crippen molar-refractivity contribution in [2.45, 2.75) is 52.2 Å². The lowest BCUT2D eigenvalue weighted by atomic mass is 9.93. The lowest BCUT2D eigenvalue weighted by Gasteiger charge is -2.28. The van der Waals surface area contributed by atoms with E-state index in [1.54, 1.807) is 0 Å². The van der Waals surface area contributed by atoms with E-state index in [9.17, 15) is 4.79 Å². The summed E-state index contributed by atoms with van der Waals surface area (Å²) in [5, 5.41) is 2.95. The van der Waals surface area contributed by atoms with Crippen LogP contribution in [0.4, 0.5) is 4.79 Å². The Morgan fingerprint density at radius 2 is 1.94 bits per heavy atom. The second-order valence-electron chi connectivity index (χ2n) is 4.85. The van der Waals surface area contributed by atoms with Crippen molar-refractivity contribution < 1.29 is 9.53 Å². The third-order valence-electron chi connectivity index (χ3n) is 3.20. The molecule has 0 aliphatic rings. The summed E-state index contributed by atoms with van der Waals surface area (Å²) in [7, 11) is 0. The number of carbonyl (C=O) groups excluding carboxylic acids is 1. The molecule has 0 fully saturated rings. The Balaban J connectivity index is 2.41. The van der Waals surface area contributed by atoms with Crippen LogP contribution in [0, 0.1) is 0 Å². The van der Waals surface area contributed by atoms with E-state index in [2.05, 4.69) is 26.1 Å². The molecule has 0 heterocycles. The van der Waals surface area contributed by atoms with Crippen LogP contribution in [0.5, 0.6) is 0 Å². The topological polar surface area (TPSA) is 38.3 Å². The number of hydrogen-bond acceptors (Lipinski definition) is 2. The third-order valence-corrected chi connectivity index (χ3v) is 3.20. The highest BCUT2D eigenvalue weighted by Crippen LogP contribution is 2.16. The van der Waals surface area contributed by atoms with Crippen molar-refractivity contribution in [3.63, 3.8) is 0 Å². The summed E-state index contributed by atoms with van der Waals surface area (Å²) >= 11 is 0. The Morgan fingerprint density at radius 1 is 1.28 bits per heavy atom. The number of benzene rings is 1. The molecule has 1 N–H and O–H groups in total. The summed E-state index contributed by atoms with van der Waals surface area (Å²) in [5.41, 5.74) is 0.837. The van der Waals surface area contributed by atoms with Crippen molar-refractivity contribution in [3.05, 3.63) is 35.9 Å². The molecule has 0 saturated heterocycles. The van der Waals surface area contributed by atoms with Crippen LogP contribution in [-0.4, -0.2) is 11.6 Å². The second kappa shape index (κ2) is 7.04. The summed E-state index contributed by atoms with van der Waals surface area (Å²) in [6.45, 7) is 6.57. The van der Waals surface area contributed by atoms with Crippen molar-refractivity contribution in [2.75, 3.05) is 0 Å². The summed E-state index contributed by atoms with van der Waals surface area (Å²) < 4.78 is 5.22. The molecule has 0 radical (unpaired) electrons. The van der Waals surface area contributed by atoms with Crippen LogP contribution in [0.1, 0.15) is 45.6 Å². The maximum absolute atomic E-state index is 11.7. The monoisotopic (exact) mass is 249 g/mol. The number of amides is 1. The van der Waals surface area contributed by atoms with Crippen molar-refractivity contribution in [1.29, 1.82) is 0 Å². The van der Waals surface area contributed by atoms with E-state index in [0.29, 0.717) is 6.61 Å². The van der Waals surface area contributed by atoms with E-state index < -0.39 is 0 Å². The smallest absolute Gasteiger partial charge is 0.407 e. The van der Waals surface area contributed by atoms with Crippen LogP contribution in [-0.2, 0) is 11.3 Å². The fourth-order valence-corrected chi connectivity index (χ4v) is 1.89. The zero-order valence-corrected chi connectivity index (χ0v) is 11.5. The van der Waals surface area contributed by atoms with Crippen LogP contribution >= 0.6 is 0 Å². The Bertz CT molecular complexity index is 364. The molecule has 0 bridgehead atoms. The molecule has 0 aliphatic heterocycles. The molecule has 3 heteroatoms. The van der Waals surface area contributed by atoms with Gasteiger partial charge in [-0.3, -0.25) is 0 Å². The highest BCUT2D eigenvalue weighted by atomic mass is 16.5. The lowest BCUT2D eigenvalue weighted by Crippen LogP contribution is -2.45. The molecule has 1 unspecified atom stereocenters. The van der Waals surface area contributed by atoms with Gasteiger partial charge in [-0.25, -0.2) is 4.79 Å². The number of nitrogens with one attached hydrogen (secondary N) is 1. The molecule has 0 spiro atoms. The van der Waals surface area contributed by atoms with Crippen molar-refractivity contribution in [1.82, 2.24) is 5.32 Å². The molecule has 1 aromatic carbocycles. The zero-order valence-electron chi connectivity index (χ0n) is 11.5. The van der Waals surface area contributed by atoms with Crippen LogP contribution in [0.25, 0.3) is 0 Å². The van der Waals surface area contributed by atoms with Crippen molar-refractivity contribution in [2.24, 2.45) is 0 Å². The van der Waals surface area contributed by atoms with Crippen molar-refractivity contribution >= 4 is 6.09 Å². The first-order valence-corrected chi connectivity index (χ1v) is 6.58. The van der Waals surface area contributed by atoms with Gasteiger partial charge in [-0.05, 0) is 25.3 Å². The van der Waals surface area contributed by atoms with Gasteiger partial charge >= 0.3 is 6.09 Å². The molecule has 0 aromatic heterocycles. The van der Waals surface area contributed by atoms with Crippen LogP contribution in [0.2, 0.25) is 0 Å². The predicted molar refractivity (Wildman–Crippen MR) is 73.4 cm³/mol. The molecule has 100 valence electrons. The Hall–Kier alpha value is -1.51. The summed E-state index contributed by atoms with van der Waals surface area (Å²) in [6.07, 6.45) is 2.57. The first-order chi connectivity index (χ1) is 8.59. The Morgan fingerprint density at radius 3 is 2.50 bits per heavy atom. The molecular weight excluding hydrogens is 226 g/mol. The number of hydrogen-bond donors (Lipinski definition) is 1. The van der Waals surface area contributed by atoms with Gasteiger partial charge in [0.05, 0.1) is 0 Å². The van der Waals surface area contributed by atoms with E-state index >= 15 is 0 Å². The molecule has 18 heavy (non-hydrogen) atoms. The SMILES string of the molecule is CCCC(C)(CC)NC(=O)OCc1ccccc1. The van der Waals surface area contributed by atoms with Gasteiger partial charge < -0.3 is 10.1 Å². The molecule has 1 atom stereocenters. The molecule has 1 rings (SSSR count). The highest BCUT2D eigenvalue weighted by molar-refractivity contribution is 5.68. The van der Waals surface area contributed by atoms with Gasteiger partial charge in [0.15, 0.2) is 0 Å². The van der Waals surface area contributed by atoms with E-state index in [4.69, 9.17) is 4.74 Å². The van der Waals surface area contributed by atoms with Gasteiger partial charge in [-0.2, -0.15) is 0 Å². The van der Waals surface area contributed by atoms with Crippen LogP contribution < -0.4 is 5.32 Å². The molecule has 3 nitrogen and oxygen atoms in total. The average Bonchev–Trinajstić information content (AvgIpc) is 2.38. The molecular formula is C15H23NO2. The van der Waals surface area contributed by atoms with E-state index in [-0.39, 0.29) is 11.6 Å². The molecule has 1 amide bonds. The number of rotatable bonds is 6. The minimum absolute atomic E-state index is 0.164. The first-order valence-electron chi connectivity index (χ1n) is 6.58. The predicted octanol–water partition coefficient (Wildman–Crippen LogP) is 3.88. The zero-order chi connectivity index (χ0) is 13.4. The summed E-state index contributed by atoms with van der Waals surface area (Å²) in [4.78, 5) is 11.7. The number of carbonyl (C=O) groups is 1. The maximum Gasteiger partial charge on any atom is 0.407 e. The Kier molecular flexibility index (Phi) is 5.69. The Labute approximate surface area is 110 Å². The van der Waals surface area contributed by atoms with Gasteiger partial charge in [-0.1, -0.05) is 50.6 Å². The minimum atomic E-state index is -0.336. The fraction of sp³-hybridized carbons (Fsp3) is 0.533. The van der Waals surface area contributed by atoms with Crippen LogP contribution in [0.15, 0.2) is 30.3 Å². The number of alkyl carbamates (subject to hydrolysis) is 1. The van der Waals surface area contributed by atoms with Gasteiger partial charge in [-0.15, -0.1) is 0 Å². The third kappa shape index (κ3) is 4.78. The van der Waals surface area contributed by atoms with Gasteiger partial charge in [0.2, 0.25) is 0 Å². The molecule has 0 saturated carbocycles. The standard InChI is InChI=1S/C15H23NO2/c1-4-11-15(3,5-2)16-14(17)18-12-13-9-7-6-8-10-13/h6-10H,4-5,11-12H2,1-3H3,(H,16,17). The van der Waals surface area contributed by atoms with Crippen LogP contribution in [0.3, 0.4) is 0 Å². The first kappa shape index (κ1) is 14.6. The minimum Gasteiger partial charge on any atom is -0.445 e. The van der Waals surface area contributed by atoms with Gasteiger partial charge in [0.1, 0.15) is 6.61 Å². The quantitative estimate of drug-likeness (QED) is 0.830.